The van der Waals surface area contributed by atoms with Gasteiger partial charge in [0.05, 0.1) is 12.1 Å². The summed E-state index contributed by atoms with van der Waals surface area (Å²) in [5, 5.41) is 11.0. The molecule has 0 radical (unpaired) electrons. The van der Waals surface area contributed by atoms with Crippen molar-refractivity contribution >= 4 is 41.5 Å². The average molecular weight is 511 g/mol. The van der Waals surface area contributed by atoms with Gasteiger partial charge in [-0.2, -0.15) is 13.2 Å². The van der Waals surface area contributed by atoms with E-state index in [2.05, 4.69) is 20.5 Å². The first-order valence-corrected chi connectivity index (χ1v) is 8.41. The number of hydrogen-bond acceptors (Lipinski definition) is 4. The fourth-order valence-electron chi connectivity index (χ4n) is 2.95. The minimum absolute atomic E-state index is 0. The third-order valence-electron chi connectivity index (χ3n) is 4.44. The lowest BCUT2D eigenvalue weighted by Gasteiger charge is -2.36. The maximum Gasteiger partial charge on any atom is 0.417 e. The SMILES string of the molecule is CN=C(NCc1nnc2ccc(C(F)(F)F)cn12)N1CCN(C(C)=O)CC1.I. The van der Waals surface area contributed by atoms with Crippen LogP contribution in [0.3, 0.4) is 0 Å². The van der Waals surface area contributed by atoms with Crippen LogP contribution >= 0.6 is 24.0 Å². The highest BCUT2D eigenvalue weighted by Gasteiger charge is 2.31. The summed E-state index contributed by atoms with van der Waals surface area (Å²) in [5.41, 5.74) is -0.425. The Morgan fingerprint density at radius 2 is 1.82 bits per heavy atom. The Hall–Kier alpha value is -2.12. The number of pyridine rings is 1. The topological polar surface area (TPSA) is 78.1 Å². The van der Waals surface area contributed by atoms with E-state index in [-0.39, 0.29) is 36.4 Å². The first-order chi connectivity index (χ1) is 12.8. The molecule has 1 fully saturated rings. The number of guanidine groups is 1. The number of carbonyl (C=O) groups is 1. The maximum absolute atomic E-state index is 12.9. The van der Waals surface area contributed by atoms with Crippen molar-refractivity contribution in [3.63, 3.8) is 0 Å². The first kappa shape index (κ1) is 22.2. The molecule has 0 atom stereocenters. The smallest absolute Gasteiger partial charge is 0.349 e. The number of rotatable bonds is 2. The Labute approximate surface area is 176 Å². The molecule has 0 saturated carbocycles. The standard InChI is InChI=1S/C16H20F3N7O.HI/c1-11(27)24-5-7-25(8-6-24)15(20-2)21-9-14-23-22-13-4-3-12(10-26(13)14)16(17,18)19;/h3-4,10H,5-9H2,1-2H3,(H,20,21);1H. The van der Waals surface area contributed by atoms with Gasteiger partial charge in [0.15, 0.2) is 17.4 Å². The minimum atomic E-state index is -4.43. The third-order valence-corrected chi connectivity index (χ3v) is 4.44. The summed E-state index contributed by atoms with van der Waals surface area (Å²) < 4.78 is 40.1. The van der Waals surface area contributed by atoms with Gasteiger partial charge in [-0.1, -0.05) is 0 Å². The molecule has 1 N–H and O–H groups in total. The molecule has 12 heteroatoms. The zero-order valence-corrected chi connectivity index (χ0v) is 17.7. The predicted octanol–water partition coefficient (Wildman–Crippen LogP) is 1.61. The quantitative estimate of drug-likeness (QED) is 0.377. The molecule has 0 unspecified atom stereocenters. The van der Waals surface area contributed by atoms with Crippen molar-refractivity contribution < 1.29 is 18.0 Å². The van der Waals surface area contributed by atoms with Crippen LogP contribution < -0.4 is 5.32 Å². The monoisotopic (exact) mass is 511 g/mol. The Kier molecular flexibility index (Phi) is 7.06. The molecule has 154 valence electrons. The summed E-state index contributed by atoms with van der Waals surface area (Å²) in [6.07, 6.45) is -3.45. The van der Waals surface area contributed by atoms with Crippen molar-refractivity contribution in [2.75, 3.05) is 33.2 Å². The second-order valence-corrected chi connectivity index (χ2v) is 6.15. The fraction of sp³-hybridized carbons (Fsp3) is 0.500. The highest BCUT2D eigenvalue weighted by atomic mass is 127. The first-order valence-electron chi connectivity index (χ1n) is 8.41. The van der Waals surface area contributed by atoms with Gasteiger partial charge in [-0.3, -0.25) is 14.2 Å². The molecule has 1 aliphatic rings. The molecular formula is C16H21F3IN7O. The van der Waals surface area contributed by atoms with Gasteiger partial charge in [0.2, 0.25) is 5.91 Å². The molecule has 0 aromatic carbocycles. The third kappa shape index (κ3) is 4.83. The lowest BCUT2D eigenvalue weighted by atomic mass is 10.3. The predicted molar refractivity (Wildman–Crippen MR) is 107 cm³/mol. The van der Waals surface area contributed by atoms with Crippen LogP contribution in [0.2, 0.25) is 0 Å². The van der Waals surface area contributed by atoms with Gasteiger partial charge in [0, 0.05) is 46.3 Å². The number of carbonyl (C=O) groups excluding carboxylic acids is 1. The number of nitrogens with zero attached hydrogens (tertiary/aromatic N) is 6. The molecule has 8 nitrogen and oxygen atoms in total. The van der Waals surface area contributed by atoms with Crippen molar-refractivity contribution in [2.45, 2.75) is 19.6 Å². The zero-order valence-electron chi connectivity index (χ0n) is 15.4. The molecular weight excluding hydrogens is 490 g/mol. The van der Waals surface area contributed by atoms with Crippen molar-refractivity contribution in [1.29, 1.82) is 0 Å². The normalized spacial score (nSPS) is 15.5. The number of fused-ring (bicyclic) bond motifs is 1. The van der Waals surface area contributed by atoms with E-state index < -0.39 is 11.7 Å². The van der Waals surface area contributed by atoms with Gasteiger partial charge in [0.1, 0.15) is 0 Å². The van der Waals surface area contributed by atoms with Gasteiger partial charge in [0.25, 0.3) is 0 Å². The molecule has 0 spiro atoms. The van der Waals surface area contributed by atoms with Gasteiger partial charge >= 0.3 is 6.18 Å². The van der Waals surface area contributed by atoms with E-state index in [4.69, 9.17) is 0 Å². The van der Waals surface area contributed by atoms with E-state index in [0.29, 0.717) is 43.6 Å². The number of piperazine rings is 1. The van der Waals surface area contributed by atoms with Crippen molar-refractivity contribution in [3.8, 4) is 0 Å². The van der Waals surface area contributed by atoms with Crippen LogP contribution in [0.15, 0.2) is 23.3 Å². The second-order valence-electron chi connectivity index (χ2n) is 6.15. The molecule has 1 aliphatic heterocycles. The summed E-state index contributed by atoms with van der Waals surface area (Å²) in [5.74, 6) is 0.981. The second kappa shape index (κ2) is 8.92. The van der Waals surface area contributed by atoms with Crippen LogP contribution in [0.25, 0.3) is 5.65 Å². The van der Waals surface area contributed by atoms with Crippen molar-refractivity contribution in [2.24, 2.45) is 4.99 Å². The number of alkyl halides is 3. The van der Waals surface area contributed by atoms with E-state index in [0.717, 1.165) is 12.3 Å². The molecule has 0 aliphatic carbocycles. The van der Waals surface area contributed by atoms with E-state index >= 15 is 0 Å². The van der Waals surface area contributed by atoms with E-state index in [1.807, 2.05) is 4.90 Å². The minimum Gasteiger partial charge on any atom is -0.349 e. The van der Waals surface area contributed by atoms with E-state index in [1.165, 1.54) is 17.4 Å². The number of hydrogen-bond donors (Lipinski definition) is 1. The van der Waals surface area contributed by atoms with Crippen LogP contribution in [0.1, 0.15) is 18.3 Å². The van der Waals surface area contributed by atoms with Gasteiger partial charge < -0.3 is 15.1 Å². The van der Waals surface area contributed by atoms with Gasteiger partial charge in [-0.05, 0) is 12.1 Å². The molecule has 3 rings (SSSR count). The summed E-state index contributed by atoms with van der Waals surface area (Å²) in [7, 11) is 1.63. The van der Waals surface area contributed by atoms with Crippen LogP contribution in [0, 0.1) is 0 Å². The molecule has 28 heavy (non-hydrogen) atoms. The Bertz CT molecular complexity index is 860. The lowest BCUT2D eigenvalue weighted by molar-refractivity contribution is -0.138. The summed E-state index contributed by atoms with van der Waals surface area (Å²) in [6.45, 7) is 4.14. The largest absolute Gasteiger partial charge is 0.417 e. The number of nitrogens with one attached hydrogen (secondary N) is 1. The molecule has 3 heterocycles. The lowest BCUT2D eigenvalue weighted by Crippen LogP contribution is -2.53. The average Bonchev–Trinajstić information content (AvgIpc) is 3.04. The number of halogens is 4. The summed E-state index contributed by atoms with van der Waals surface area (Å²) in [4.78, 5) is 19.4. The van der Waals surface area contributed by atoms with Crippen LogP contribution in [-0.4, -0.2) is 69.5 Å². The highest BCUT2D eigenvalue weighted by Crippen LogP contribution is 2.29. The molecule has 2 aromatic rings. The fourth-order valence-corrected chi connectivity index (χ4v) is 2.95. The van der Waals surface area contributed by atoms with Gasteiger partial charge in [-0.15, -0.1) is 34.2 Å². The van der Waals surface area contributed by atoms with E-state index in [9.17, 15) is 18.0 Å². The van der Waals surface area contributed by atoms with Crippen LogP contribution in [0.5, 0.6) is 0 Å². The number of aliphatic imine (C=N–C) groups is 1. The Morgan fingerprint density at radius 1 is 1.18 bits per heavy atom. The van der Waals surface area contributed by atoms with E-state index in [1.54, 1.807) is 11.9 Å². The number of aromatic nitrogens is 3. The van der Waals surface area contributed by atoms with Crippen LogP contribution in [0.4, 0.5) is 13.2 Å². The molecule has 2 aromatic heterocycles. The molecule has 1 saturated heterocycles. The Morgan fingerprint density at radius 3 is 2.39 bits per heavy atom. The molecule has 0 bridgehead atoms. The van der Waals surface area contributed by atoms with Crippen molar-refractivity contribution in [3.05, 3.63) is 29.7 Å². The maximum atomic E-state index is 12.9. The zero-order chi connectivity index (χ0) is 19.6. The Balaban J connectivity index is 0.00000280. The highest BCUT2D eigenvalue weighted by molar-refractivity contribution is 14.0. The summed E-state index contributed by atoms with van der Waals surface area (Å²) >= 11 is 0. The van der Waals surface area contributed by atoms with Gasteiger partial charge in [-0.25, -0.2) is 0 Å². The summed E-state index contributed by atoms with van der Waals surface area (Å²) in [6, 6.07) is 2.27. The van der Waals surface area contributed by atoms with Crippen molar-refractivity contribution in [1.82, 2.24) is 29.7 Å². The van der Waals surface area contributed by atoms with Crippen LogP contribution in [-0.2, 0) is 17.5 Å². The number of amides is 1. The molecule has 1 amide bonds.